The molecule has 1 nitrogen and oxygen atoms in total. The molecule has 3 heteroatoms. The Morgan fingerprint density at radius 1 is 1.36 bits per heavy atom. The molecule has 1 heterocycles. The van der Waals surface area contributed by atoms with Crippen molar-refractivity contribution in [3.63, 3.8) is 0 Å². The zero-order chi connectivity index (χ0) is 9.71. The lowest BCUT2D eigenvalue weighted by Crippen LogP contribution is -1.92. The van der Waals surface area contributed by atoms with Crippen LogP contribution in [-0.2, 0) is 0 Å². The van der Waals surface area contributed by atoms with Gasteiger partial charge in [-0.1, -0.05) is 17.7 Å². The van der Waals surface area contributed by atoms with Gasteiger partial charge in [0.25, 0.3) is 0 Å². The van der Waals surface area contributed by atoms with Gasteiger partial charge in [-0.3, -0.25) is 0 Å². The Kier molecular flexibility index (Phi) is 1.89. The molecule has 1 saturated carbocycles. The van der Waals surface area contributed by atoms with Crippen molar-refractivity contribution in [1.29, 1.82) is 0 Å². The van der Waals surface area contributed by atoms with E-state index < -0.39 is 0 Å². The summed E-state index contributed by atoms with van der Waals surface area (Å²) in [6.45, 7) is 0. The van der Waals surface area contributed by atoms with Crippen LogP contribution < -0.4 is 0 Å². The van der Waals surface area contributed by atoms with Crippen molar-refractivity contribution in [3.8, 4) is 0 Å². The number of hydrogen-bond acceptors (Lipinski definition) is 0. The third-order valence-corrected chi connectivity index (χ3v) is 3.64. The Hall–Kier alpha value is -0.470. The molecule has 0 N–H and O–H groups in total. The van der Waals surface area contributed by atoms with Crippen LogP contribution >= 0.6 is 27.5 Å². The molecular weight excluding hydrogens is 261 g/mol. The molecule has 0 spiro atoms. The van der Waals surface area contributed by atoms with E-state index in [-0.39, 0.29) is 0 Å². The monoisotopic (exact) mass is 269 g/mol. The molecule has 1 aromatic heterocycles. The number of nitrogens with zero attached hydrogens (tertiary/aromatic N) is 1. The fourth-order valence-corrected chi connectivity index (χ4v) is 2.82. The number of rotatable bonds is 1. The van der Waals surface area contributed by atoms with Crippen molar-refractivity contribution in [3.05, 3.63) is 33.9 Å². The van der Waals surface area contributed by atoms with Crippen LogP contribution in [0, 0.1) is 0 Å². The summed E-state index contributed by atoms with van der Waals surface area (Å²) in [6.07, 6.45) is 2.57. The molecule has 1 aliphatic carbocycles. The first-order valence-electron chi connectivity index (χ1n) is 4.72. The van der Waals surface area contributed by atoms with Crippen LogP contribution in [0.15, 0.2) is 28.9 Å². The Morgan fingerprint density at radius 3 is 2.86 bits per heavy atom. The highest BCUT2D eigenvalue weighted by Gasteiger charge is 2.26. The molecule has 0 aliphatic heterocycles. The molecule has 0 radical (unpaired) electrons. The van der Waals surface area contributed by atoms with E-state index in [0.29, 0.717) is 6.04 Å². The molecular formula is C11H9BrClN. The van der Waals surface area contributed by atoms with E-state index in [1.54, 1.807) is 0 Å². The van der Waals surface area contributed by atoms with Gasteiger partial charge in [-0.15, -0.1) is 0 Å². The molecule has 1 aliphatic rings. The zero-order valence-corrected chi connectivity index (χ0v) is 9.85. The average Bonchev–Trinajstić information content (AvgIpc) is 2.91. The van der Waals surface area contributed by atoms with Gasteiger partial charge in [0.15, 0.2) is 0 Å². The van der Waals surface area contributed by atoms with Crippen LogP contribution in [0.3, 0.4) is 0 Å². The van der Waals surface area contributed by atoms with Crippen LogP contribution in [0.5, 0.6) is 0 Å². The summed E-state index contributed by atoms with van der Waals surface area (Å²) in [4.78, 5) is 0. The van der Waals surface area contributed by atoms with E-state index in [4.69, 9.17) is 11.6 Å². The maximum absolute atomic E-state index is 6.13. The highest BCUT2D eigenvalue weighted by atomic mass is 79.9. The SMILES string of the molecule is Clc1cccc2c1cc(Br)n2C1CC1. The smallest absolute Gasteiger partial charge is 0.0860 e. The average molecular weight is 271 g/mol. The summed E-state index contributed by atoms with van der Waals surface area (Å²) >= 11 is 9.72. The second-order valence-electron chi connectivity index (χ2n) is 3.74. The summed E-state index contributed by atoms with van der Waals surface area (Å²) < 4.78 is 3.48. The number of halogens is 2. The maximum Gasteiger partial charge on any atom is 0.0860 e. The number of hydrogen-bond donors (Lipinski definition) is 0. The lowest BCUT2D eigenvalue weighted by molar-refractivity contribution is 0.758. The van der Waals surface area contributed by atoms with Gasteiger partial charge in [-0.25, -0.2) is 0 Å². The van der Waals surface area contributed by atoms with Crippen molar-refractivity contribution < 1.29 is 0 Å². The van der Waals surface area contributed by atoms with Crippen molar-refractivity contribution in [2.24, 2.45) is 0 Å². The van der Waals surface area contributed by atoms with Gasteiger partial charge in [0.2, 0.25) is 0 Å². The first-order valence-corrected chi connectivity index (χ1v) is 5.89. The lowest BCUT2D eigenvalue weighted by atomic mass is 10.2. The molecule has 14 heavy (non-hydrogen) atoms. The first-order chi connectivity index (χ1) is 6.77. The van der Waals surface area contributed by atoms with Gasteiger partial charge >= 0.3 is 0 Å². The van der Waals surface area contributed by atoms with E-state index in [9.17, 15) is 0 Å². The summed E-state index contributed by atoms with van der Waals surface area (Å²) in [7, 11) is 0. The Morgan fingerprint density at radius 2 is 2.14 bits per heavy atom. The Bertz CT molecular complexity index is 499. The third kappa shape index (κ3) is 1.21. The third-order valence-electron chi connectivity index (χ3n) is 2.70. The largest absolute Gasteiger partial charge is 0.332 e. The predicted molar refractivity (Wildman–Crippen MR) is 62.9 cm³/mol. The Labute approximate surface area is 95.8 Å². The summed E-state index contributed by atoms with van der Waals surface area (Å²) in [5.41, 5.74) is 1.24. The van der Waals surface area contributed by atoms with Crippen molar-refractivity contribution in [2.45, 2.75) is 18.9 Å². The first kappa shape index (κ1) is 8.81. The number of benzene rings is 1. The van der Waals surface area contributed by atoms with Gasteiger partial charge in [0.1, 0.15) is 0 Å². The normalized spacial score (nSPS) is 16.4. The van der Waals surface area contributed by atoms with Gasteiger partial charge in [0, 0.05) is 16.5 Å². The van der Waals surface area contributed by atoms with Gasteiger partial charge in [-0.2, -0.15) is 0 Å². The molecule has 0 atom stereocenters. The summed E-state index contributed by atoms with van der Waals surface area (Å²) in [5.74, 6) is 0. The molecule has 0 amide bonds. The second-order valence-corrected chi connectivity index (χ2v) is 4.96. The molecule has 0 unspecified atom stereocenters. The van der Waals surface area contributed by atoms with Gasteiger partial charge in [-0.05, 0) is 47.0 Å². The van der Waals surface area contributed by atoms with E-state index in [1.165, 1.54) is 18.4 Å². The van der Waals surface area contributed by atoms with Crippen molar-refractivity contribution in [2.75, 3.05) is 0 Å². The van der Waals surface area contributed by atoms with Crippen molar-refractivity contribution in [1.82, 2.24) is 4.57 Å². The molecule has 0 bridgehead atoms. The van der Waals surface area contributed by atoms with Crippen LogP contribution in [0.4, 0.5) is 0 Å². The Balaban J connectivity index is 2.37. The fraction of sp³-hybridized carbons (Fsp3) is 0.273. The predicted octanol–water partition coefficient (Wildman–Crippen LogP) is 4.39. The van der Waals surface area contributed by atoms with Crippen LogP contribution in [0.25, 0.3) is 10.9 Å². The maximum atomic E-state index is 6.13. The lowest BCUT2D eigenvalue weighted by Gasteiger charge is -2.04. The van der Waals surface area contributed by atoms with Crippen LogP contribution in [0.1, 0.15) is 18.9 Å². The molecule has 0 saturated heterocycles. The minimum absolute atomic E-state index is 0.681. The van der Waals surface area contributed by atoms with Crippen LogP contribution in [-0.4, -0.2) is 4.57 Å². The number of aromatic nitrogens is 1. The fourth-order valence-electron chi connectivity index (χ4n) is 1.89. The van der Waals surface area contributed by atoms with Gasteiger partial charge in [0.05, 0.1) is 10.1 Å². The highest BCUT2D eigenvalue weighted by Crippen LogP contribution is 2.42. The summed E-state index contributed by atoms with van der Waals surface area (Å²) in [6, 6.07) is 8.87. The minimum Gasteiger partial charge on any atom is -0.332 e. The van der Waals surface area contributed by atoms with Crippen LogP contribution in [0.2, 0.25) is 5.02 Å². The van der Waals surface area contributed by atoms with E-state index >= 15 is 0 Å². The number of fused-ring (bicyclic) bond motifs is 1. The summed E-state index contributed by atoms with van der Waals surface area (Å²) in [5, 5.41) is 1.98. The van der Waals surface area contributed by atoms with E-state index in [1.807, 2.05) is 12.1 Å². The van der Waals surface area contributed by atoms with E-state index in [2.05, 4.69) is 32.6 Å². The zero-order valence-electron chi connectivity index (χ0n) is 7.50. The second kappa shape index (κ2) is 3.01. The van der Waals surface area contributed by atoms with Gasteiger partial charge < -0.3 is 4.57 Å². The molecule has 2 aromatic rings. The molecule has 72 valence electrons. The van der Waals surface area contributed by atoms with Crippen molar-refractivity contribution >= 4 is 38.4 Å². The molecule has 1 aromatic carbocycles. The molecule has 3 rings (SSSR count). The topological polar surface area (TPSA) is 4.93 Å². The highest BCUT2D eigenvalue weighted by molar-refractivity contribution is 9.10. The minimum atomic E-state index is 0.681. The quantitative estimate of drug-likeness (QED) is 0.724. The van der Waals surface area contributed by atoms with E-state index in [0.717, 1.165) is 15.0 Å². The standard InChI is InChI=1S/C11H9BrClN/c12-11-6-8-9(13)2-1-3-10(8)14(11)7-4-5-7/h1-3,6-7H,4-5H2. The molecule has 1 fully saturated rings.